The second-order valence-corrected chi connectivity index (χ2v) is 38.4. The molecule has 0 saturated heterocycles. The van der Waals surface area contributed by atoms with Crippen LogP contribution in [0.1, 0.15) is 85.7 Å². The van der Waals surface area contributed by atoms with Crippen molar-refractivity contribution in [3.05, 3.63) is 436 Å². The Bertz CT molecular complexity index is 6840. The fraction of sp³-hybridized carbons (Fsp3) is 0.111. The minimum atomic E-state index is -2.40. The highest BCUT2D eigenvalue weighted by Gasteiger charge is 2.40. The summed E-state index contributed by atoms with van der Waals surface area (Å²) in [4.78, 5) is 113. The van der Waals surface area contributed by atoms with Gasteiger partial charge in [0, 0.05) is 48.0 Å². The third kappa shape index (κ3) is 23.0. The van der Waals surface area contributed by atoms with E-state index in [1.54, 1.807) is 84.0 Å². The summed E-state index contributed by atoms with van der Waals surface area (Å²) in [6.07, 6.45) is 0.494. The summed E-state index contributed by atoms with van der Waals surface area (Å²) in [5.74, 6) is 3.02. The van der Waals surface area contributed by atoms with Crippen molar-refractivity contribution in [2.24, 2.45) is 0 Å². The molecule has 0 radical (unpaired) electrons. The largest absolute Gasteiger partial charge is 1.00 e. The first-order chi connectivity index (χ1) is 60.2. The Hall–Kier alpha value is -13.5. The van der Waals surface area contributed by atoms with E-state index in [-0.39, 0.29) is 111 Å². The maximum absolute atomic E-state index is 13.6. The number of Topliss-reactive ketones (excluding diaryl/α,β-unsaturated/α-hetero) is 1. The van der Waals surface area contributed by atoms with E-state index >= 15 is 0 Å². The van der Waals surface area contributed by atoms with Crippen molar-refractivity contribution in [3.63, 3.8) is 0 Å². The van der Waals surface area contributed by atoms with Gasteiger partial charge in [-0.25, -0.2) is 4.79 Å². The van der Waals surface area contributed by atoms with Crippen LogP contribution in [0.2, 0.25) is 0 Å². The van der Waals surface area contributed by atoms with E-state index in [9.17, 15) is 74.1 Å². The van der Waals surface area contributed by atoms with Crippen molar-refractivity contribution in [2.45, 2.75) is 59.1 Å². The van der Waals surface area contributed by atoms with E-state index in [0.717, 1.165) is 33.6 Å². The number of methoxy groups -OCH3 is 1. The number of esters is 1. The van der Waals surface area contributed by atoms with E-state index in [4.69, 9.17) is 17.7 Å². The van der Waals surface area contributed by atoms with E-state index in [1.165, 1.54) is 72.4 Å². The topological polar surface area (TPSA) is 351 Å². The second-order valence-electron chi connectivity index (χ2n) is 28.6. The molecule has 0 bridgehead atoms. The minimum Gasteiger partial charge on any atom is -1.00 e. The number of ether oxygens (including phenoxy) is 1. The van der Waals surface area contributed by atoms with Crippen LogP contribution in [0.4, 0.5) is 17.1 Å². The molecule has 0 fully saturated rings. The average molecular weight is 1980 g/mol. The molecule has 0 atom stereocenters. The molecule has 12 aromatic carbocycles. The zero-order valence-corrected chi connectivity index (χ0v) is 77.3. The quantitative estimate of drug-likeness (QED) is 0.0149. The summed E-state index contributed by atoms with van der Waals surface area (Å²) in [6, 6.07) is 92.4. The van der Waals surface area contributed by atoms with Gasteiger partial charge >= 0.3 is 5.97 Å². The Morgan fingerprint density at radius 2 is 0.740 bits per heavy atom. The number of aldehydes is 1. The van der Waals surface area contributed by atoms with Crippen molar-refractivity contribution in [3.8, 4) is 11.5 Å². The lowest BCUT2D eigenvalue weighted by molar-refractivity contribution is -0.383. The van der Waals surface area contributed by atoms with Crippen molar-refractivity contribution in [1.29, 1.82) is 0 Å². The number of alkyl halides is 2. The summed E-state index contributed by atoms with van der Waals surface area (Å²) in [5, 5.41) is 60.6. The number of nitrogens with zero attached hydrogens (tertiary/aromatic N) is 3. The van der Waals surface area contributed by atoms with Crippen LogP contribution in [0.25, 0.3) is 43.9 Å². The molecule has 28 heteroatoms. The van der Waals surface area contributed by atoms with Crippen LogP contribution < -0.4 is 77.5 Å². The van der Waals surface area contributed by atoms with E-state index in [2.05, 4.69) is 171 Å². The van der Waals surface area contributed by atoms with Gasteiger partial charge in [-0.05, 0) is 179 Å². The molecule has 4 heterocycles. The third-order valence-corrected chi connectivity index (χ3v) is 28.9. The highest BCUT2D eigenvalue weighted by molar-refractivity contribution is 9.24. The number of carbonyl (C=O) groups excluding carboxylic acids is 3. The molecular formula is C99H84Br2IN3O20P2. The number of nitro groups is 3. The van der Waals surface area contributed by atoms with Crippen LogP contribution in [0.5, 0.6) is 11.5 Å². The monoisotopic (exact) mass is 1980 g/mol. The predicted octanol–water partition coefficient (Wildman–Crippen LogP) is 17.1. The van der Waals surface area contributed by atoms with Gasteiger partial charge < -0.3 is 56.6 Å². The maximum Gasteiger partial charge on any atom is 0.341 e. The number of halogens is 3. The fourth-order valence-electron chi connectivity index (χ4n) is 13.7. The molecule has 2 N–H and O–H groups in total. The predicted molar refractivity (Wildman–Crippen MR) is 508 cm³/mol. The van der Waals surface area contributed by atoms with Crippen molar-refractivity contribution in [2.75, 3.05) is 13.8 Å². The number of aromatic hydroxyl groups is 2. The van der Waals surface area contributed by atoms with Crippen LogP contribution in [-0.2, 0) is 4.74 Å². The fourth-order valence-corrected chi connectivity index (χ4v) is 21.4. The van der Waals surface area contributed by atoms with Gasteiger partial charge in [0.15, 0.2) is 39.4 Å². The van der Waals surface area contributed by atoms with Gasteiger partial charge in [-0.2, -0.15) is 0 Å². The molecule has 16 rings (SSSR count). The van der Waals surface area contributed by atoms with Gasteiger partial charge in [-0.1, -0.05) is 214 Å². The molecule has 0 saturated carbocycles. The molecule has 4 aromatic heterocycles. The number of non-ortho nitro benzene ring substituents is 3. The van der Waals surface area contributed by atoms with Crippen LogP contribution in [0.15, 0.2) is 334 Å². The number of carbonyl (C=O) groups is 3. The summed E-state index contributed by atoms with van der Waals surface area (Å²) in [6.45, 7) is 13.8. The standard InChI is InChI=1S/C27H23O2P.C19H18P.C11H7Br2NO4.C11H7NO5.C11H9NO4.C11H10O2.C9H10O3.HI/c1-21-12-11-19-25(27(21)29)26(28)20-30(22-13-5-2-6-14-22,23-15-7-3-8-16-23)24-17-9-4-10-18-24;1-20(17-11-5-2-6-12-17,18-13-7-3-8-14-18)19-15-9-4-10-16-19;1-5-4-8(15)9-7(14(16)17)3-2-6(11(12)13)10(9)18-5;1-6-4-9(14)10-8(12(15)16)3-2-7(5-13)11(10)17-6;1-6-3-4-8(12(14)15)10-9(13)5-7(2)16-11(6)10;1-7-4-3-5-9-10(12)6-8(2)13-11(7)9;1-6-4-3-5-7(8(6)10)9(11)12-2;/h2-20,29H,1H3;2-16H,1H3;2-4,11H,1H3;2-5H,1H3;3-5H,1-2H3;3-6H,1-2H3;3-5,10H,1-2H3;1H/q;+1;;;;;;/p-1. The first-order valence-electron chi connectivity index (χ1n) is 38.8. The van der Waals surface area contributed by atoms with Crippen LogP contribution in [0.3, 0.4) is 0 Å². The van der Waals surface area contributed by atoms with Crippen LogP contribution in [-0.4, -0.2) is 62.6 Å². The minimum absolute atomic E-state index is 0. The Balaban J connectivity index is 0.000000171. The van der Waals surface area contributed by atoms with Gasteiger partial charge in [0.2, 0.25) is 0 Å². The molecule has 646 valence electrons. The number of rotatable bonds is 14. The Morgan fingerprint density at radius 1 is 0.409 bits per heavy atom. The lowest BCUT2D eigenvalue weighted by atomic mass is 10.1. The summed E-state index contributed by atoms with van der Waals surface area (Å²) in [5.41, 5.74) is 3.42. The number of ketones is 1. The highest BCUT2D eigenvalue weighted by atomic mass is 127. The summed E-state index contributed by atoms with van der Waals surface area (Å²) in [7, 11) is -0.245. The first-order valence-corrected chi connectivity index (χ1v) is 44.7. The van der Waals surface area contributed by atoms with E-state index in [0.29, 0.717) is 73.7 Å². The van der Waals surface area contributed by atoms with E-state index < -0.39 is 45.7 Å². The molecule has 0 aliphatic carbocycles. The molecule has 0 spiro atoms. The molecule has 0 amide bonds. The van der Waals surface area contributed by atoms with Crippen molar-refractivity contribution >= 4 is 163 Å². The highest BCUT2D eigenvalue weighted by Crippen LogP contribution is 2.51. The number of benzene rings is 12. The Kier molecular flexibility index (Phi) is 34.0. The molecule has 23 nitrogen and oxygen atoms in total. The van der Waals surface area contributed by atoms with Crippen LogP contribution >= 0.6 is 46.0 Å². The lowest BCUT2D eigenvalue weighted by Gasteiger charge is -2.28. The van der Waals surface area contributed by atoms with Crippen molar-refractivity contribution < 1.29 is 85.7 Å². The first kappa shape index (κ1) is 97.3. The number of nitro benzene ring substituents is 3. The molecule has 127 heavy (non-hydrogen) atoms. The molecule has 0 aliphatic heterocycles. The third-order valence-electron chi connectivity index (χ3n) is 20.0. The molecule has 16 aromatic rings. The SMILES string of the molecule is COC(=O)c1cccc(C)c1O.C[P+](c1ccccc1)(c1ccccc1)c1ccccc1.Cc1cc(=O)c2c([N+](=O)[O-])ccc(C(Br)Br)c2o1.Cc1cc(=O)c2c([N+](=O)[O-])ccc(C)c2o1.Cc1cc(=O)c2c([N+](=O)[O-])ccc(C=O)c2o1.Cc1cc(=O)c2cccc(C)c2o1.Cc1cccc(C(=O)C=P(c2ccccc2)(c2ccccc2)c2ccccc2)c1O.[I-]. The van der Waals surface area contributed by atoms with Gasteiger partial charge in [0.05, 0.1) is 48.8 Å². The number of aryl methyl sites for hydroxylation is 8. The van der Waals surface area contributed by atoms with Gasteiger partial charge in [0.25, 0.3) is 17.1 Å². The number of hydrogen-bond donors (Lipinski definition) is 2. The smallest absolute Gasteiger partial charge is 0.341 e. The van der Waals surface area contributed by atoms with Gasteiger partial charge in [0.1, 0.15) is 96.2 Å². The number of hydrogen-bond acceptors (Lipinski definition) is 20. The normalized spacial score (nSPS) is 10.7. The zero-order chi connectivity index (χ0) is 91.3. The number of phenolic OH excluding ortho intramolecular Hbond substituents is 2. The van der Waals surface area contributed by atoms with Gasteiger partial charge in [-0.15, -0.1) is 0 Å². The second kappa shape index (κ2) is 44.4. The molecular weight excluding hydrogens is 1900 g/mol. The molecule has 0 aliphatic rings. The number of phenols is 2. The molecule has 0 unspecified atom stereocenters. The Morgan fingerprint density at radius 3 is 1.15 bits per heavy atom. The Labute approximate surface area is 763 Å². The summed E-state index contributed by atoms with van der Waals surface area (Å²) >= 11 is 6.60. The lowest BCUT2D eigenvalue weighted by Crippen LogP contribution is -3.00. The van der Waals surface area contributed by atoms with Gasteiger partial charge in [-0.3, -0.25) is 59.1 Å². The zero-order valence-electron chi connectivity index (χ0n) is 70.1. The number of para-hydroxylation sites is 3. The summed E-state index contributed by atoms with van der Waals surface area (Å²) < 4.78 is 25.7. The van der Waals surface area contributed by atoms with Crippen molar-refractivity contribution in [1.82, 2.24) is 0 Å². The number of fused-ring (bicyclic) bond motifs is 4. The van der Waals surface area contributed by atoms with Crippen LogP contribution in [0, 0.1) is 85.7 Å². The maximum atomic E-state index is 13.6. The average Bonchev–Trinajstić information content (AvgIpc) is 0.759. The van der Waals surface area contributed by atoms with E-state index in [1.807, 2.05) is 85.5 Å².